The van der Waals surface area contributed by atoms with Crippen LogP contribution in [0.4, 0.5) is 0 Å². The predicted molar refractivity (Wildman–Crippen MR) is 30.1 cm³/mol. The van der Waals surface area contributed by atoms with Gasteiger partial charge in [0.05, 0.1) is 6.10 Å². The molecule has 2 heteroatoms. The molecule has 1 atom stereocenters. The number of carbonyl (C=O) groups excluding carboxylic acids is 1. The summed E-state index contributed by atoms with van der Waals surface area (Å²) in [5, 5.41) is 10.5. The van der Waals surface area contributed by atoms with Gasteiger partial charge in [0.25, 0.3) is 0 Å². The molecule has 2 nitrogen and oxygen atoms in total. The van der Waals surface area contributed by atoms with E-state index in [4.69, 9.17) is 0 Å². The van der Waals surface area contributed by atoms with E-state index in [1.807, 2.05) is 6.92 Å². The first-order valence-corrected chi connectivity index (χ1v) is 2.90. The lowest BCUT2D eigenvalue weighted by Crippen LogP contribution is -2.01. The van der Waals surface area contributed by atoms with Crippen molar-refractivity contribution in [2.75, 3.05) is 0 Å². The number of carbonyl (C=O) groups is 1. The zero-order chi connectivity index (χ0) is 6.41. The van der Waals surface area contributed by atoms with E-state index in [2.05, 4.69) is 0 Å². The summed E-state index contributed by atoms with van der Waals surface area (Å²) in [6, 6.07) is 0. The van der Waals surface area contributed by atoms with Crippen LogP contribution in [0.15, 0.2) is 0 Å². The minimum Gasteiger partial charge on any atom is -0.303 e. The van der Waals surface area contributed by atoms with Gasteiger partial charge in [-0.2, -0.15) is 0 Å². The van der Waals surface area contributed by atoms with Crippen LogP contribution in [0.5, 0.6) is 0 Å². The van der Waals surface area contributed by atoms with Gasteiger partial charge in [-0.1, -0.05) is 6.92 Å². The molecule has 1 unspecified atom stereocenters. The molecule has 0 aliphatic heterocycles. The molecule has 0 aromatic rings. The first kappa shape index (κ1) is 7.63. The lowest BCUT2D eigenvalue weighted by molar-refractivity contribution is -0.108. The summed E-state index contributed by atoms with van der Waals surface area (Å²) < 4.78 is 0. The largest absolute Gasteiger partial charge is 0.303 e. The third kappa shape index (κ3) is 3.81. The van der Waals surface area contributed by atoms with Crippen LogP contribution in [-0.2, 0) is 9.90 Å². The summed E-state index contributed by atoms with van der Waals surface area (Å²) in [5.41, 5.74) is 0. The molecular formula is C6H11O2. The fourth-order valence-electron chi connectivity index (χ4n) is 0.458. The second kappa shape index (κ2) is 4.78. The summed E-state index contributed by atoms with van der Waals surface area (Å²) in [7, 11) is 0. The quantitative estimate of drug-likeness (QED) is 0.507. The Balaban J connectivity index is 2.97. The van der Waals surface area contributed by atoms with Gasteiger partial charge in [-0.15, -0.1) is 0 Å². The van der Waals surface area contributed by atoms with E-state index in [-0.39, 0.29) is 0 Å². The Morgan fingerprint density at radius 3 is 2.62 bits per heavy atom. The summed E-state index contributed by atoms with van der Waals surface area (Å²) in [6.45, 7) is 1.84. The van der Waals surface area contributed by atoms with E-state index in [1.165, 1.54) is 0 Å². The summed E-state index contributed by atoms with van der Waals surface area (Å²) in [5.74, 6) is 0. The maximum Gasteiger partial charge on any atom is 0.120 e. The Morgan fingerprint density at radius 2 is 2.25 bits per heavy atom. The third-order valence-corrected chi connectivity index (χ3v) is 1.06. The van der Waals surface area contributed by atoms with Crippen molar-refractivity contribution in [3.8, 4) is 0 Å². The second-order valence-electron chi connectivity index (χ2n) is 1.77. The summed E-state index contributed by atoms with van der Waals surface area (Å²) in [4.78, 5) is 9.69. The SMILES string of the molecule is CCC([O])CCC=O. The van der Waals surface area contributed by atoms with Crippen LogP contribution < -0.4 is 0 Å². The standard InChI is InChI=1S/C6H11O2/c1-2-6(8)4-3-5-7/h5-6H,2-4H2,1H3. The molecule has 0 saturated carbocycles. The highest BCUT2D eigenvalue weighted by Gasteiger charge is 1.99. The smallest absolute Gasteiger partial charge is 0.120 e. The maximum atomic E-state index is 10.5. The van der Waals surface area contributed by atoms with Crippen LogP contribution in [0.1, 0.15) is 26.2 Å². The highest BCUT2D eigenvalue weighted by Crippen LogP contribution is 1.98. The van der Waals surface area contributed by atoms with Crippen LogP contribution in [0.2, 0.25) is 0 Å². The van der Waals surface area contributed by atoms with Gasteiger partial charge in [-0.25, -0.2) is 5.11 Å². The molecule has 0 spiro atoms. The maximum absolute atomic E-state index is 10.5. The van der Waals surface area contributed by atoms with E-state index in [1.54, 1.807) is 0 Å². The zero-order valence-electron chi connectivity index (χ0n) is 5.09. The molecule has 0 aliphatic rings. The molecule has 0 N–H and O–H groups in total. The van der Waals surface area contributed by atoms with Crippen LogP contribution in [-0.4, -0.2) is 12.4 Å². The molecule has 0 heterocycles. The molecule has 0 fully saturated rings. The summed E-state index contributed by atoms with van der Waals surface area (Å²) in [6.07, 6.45) is 1.82. The molecule has 0 amide bonds. The predicted octanol–water partition coefficient (Wildman–Crippen LogP) is 1.17. The minimum atomic E-state index is -0.528. The van der Waals surface area contributed by atoms with Crippen LogP contribution in [0, 0.1) is 0 Å². The zero-order valence-corrected chi connectivity index (χ0v) is 5.09. The Kier molecular flexibility index (Phi) is 4.56. The van der Waals surface area contributed by atoms with Gasteiger partial charge in [-0.3, -0.25) is 0 Å². The molecule has 8 heavy (non-hydrogen) atoms. The van der Waals surface area contributed by atoms with Crippen LogP contribution in [0.25, 0.3) is 0 Å². The molecular weight excluding hydrogens is 104 g/mol. The lowest BCUT2D eigenvalue weighted by atomic mass is 10.2. The van der Waals surface area contributed by atoms with E-state index in [9.17, 15) is 9.90 Å². The molecule has 1 radical (unpaired) electrons. The molecule has 0 bridgehead atoms. The first-order valence-electron chi connectivity index (χ1n) is 2.90. The fourth-order valence-corrected chi connectivity index (χ4v) is 0.458. The molecule has 0 aromatic carbocycles. The van der Waals surface area contributed by atoms with Crippen molar-refractivity contribution in [2.24, 2.45) is 0 Å². The first-order chi connectivity index (χ1) is 3.81. The average Bonchev–Trinajstić information content (AvgIpc) is 1.83. The fraction of sp³-hybridized carbons (Fsp3) is 0.833. The minimum absolute atomic E-state index is 0.419. The second-order valence-corrected chi connectivity index (χ2v) is 1.77. The van der Waals surface area contributed by atoms with Crippen molar-refractivity contribution in [2.45, 2.75) is 32.3 Å². The molecule has 47 valence electrons. The van der Waals surface area contributed by atoms with E-state index in [0.717, 1.165) is 6.29 Å². The van der Waals surface area contributed by atoms with Gasteiger partial charge in [0, 0.05) is 6.42 Å². The van der Waals surface area contributed by atoms with Gasteiger partial charge in [0.2, 0.25) is 0 Å². The number of hydrogen-bond acceptors (Lipinski definition) is 1. The van der Waals surface area contributed by atoms with Crippen molar-refractivity contribution in [1.82, 2.24) is 0 Å². The van der Waals surface area contributed by atoms with Gasteiger partial charge in [0.15, 0.2) is 0 Å². The van der Waals surface area contributed by atoms with Crippen LogP contribution >= 0.6 is 0 Å². The van der Waals surface area contributed by atoms with Gasteiger partial charge in [-0.05, 0) is 12.8 Å². The Hall–Kier alpha value is -0.370. The molecule has 0 saturated heterocycles. The Morgan fingerprint density at radius 1 is 1.62 bits per heavy atom. The normalized spacial score (nSPS) is 13.2. The Bertz CT molecular complexity index is 61.5. The van der Waals surface area contributed by atoms with Crippen molar-refractivity contribution in [1.29, 1.82) is 0 Å². The highest BCUT2D eigenvalue weighted by atomic mass is 16.3. The summed E-state index contributed by atoms with van der Waals surface area (Å²) >= 11 is 0. The van der Waals surface area contributed by atoms with E-state index < -0.39 is 6.10 Å². The molecule has 0 aromatic heterocycles. The van der Waals surface area contributed by atoms with Crippen molar-refractivity contribution < 1.29 is 9.90 Å². The Labute approximate surface area is 49.5 Å². The topological polar surface area (TPSA) is 37.0 Å². The third-order valence-electron chi connectivity index (χ3n) is 1.06. The van der Waals surface area contributed by atoms with Crippen LogP contribution in [0.3, 0.4) is 0 Å². The lowest BCUT2D eigenvalue weighted by Gasteiger charge is -1.98. The molecule has 0 aliphatic carbocycles. The highest BCUT2D eigenvalue weighted by molar-refractivity contribution is 5.49. The van der Waals surface area contributed by atoms with Gasteiger partial charge < -0.3 is 4.79 Å². The number of aldehydes is 1. The number of rotatable bonds is 4. The van der Waals surface area contributed by atoms with E-state index >= 15 is 0 Å². The molecule has 0 rings (SSSR count). The number of hydrogen-bond donors (Lipinski definition) is 0. The van der Waals surface area contributed by atoms with Crippen molar-refractivity contribution in [3.05, 3.63) is 0 Å². The van der Waals surface area contributed by atoms with Crippen molar-refractivity contribution >= 4 is 6.29 Å². The monoisotopic (exact) mass is 115 g/mol. The van der Waals surface area contributed by atoms with Gasteiger partial charge in [0.1, 0.15) is 6.29 Å². The average molecular weight is 115 g/mol. The van der Waals surface area contributed by atoms with E-state index in [0.29, 0.717) is 19.3 Å². The van der Waals surface area contributed by atoms with Gasteiger partial charge >= 0.3 is 0 Å². The van der Waals surface area contributed by atoms with Crippen molar-refractivity contribution in [3.63, 3.8) is 0 Å².